The molecule has 0 aromatic carbocycles. The molecule has 6 nitrogen and oxygen atoms in total. The third-order valence-corrected chi connectivity index (χ3v) is 5.76. The van der Waals surface area contributed by atoms with Gasteiger partial charge in [0.15, 0.2) is 0 Å². The Labute approximate surface area is 181 Å². The molecule has 1 N–H and O–H groups in total. The first-order chi connectivity index (χ1) is 15.1. The van der Waals surface area contributed by atoms with Gasteiger partial charge in [0.2, 0.25) is 0 Å². The number of amides is 1. The van der Waals surface area contributed by atoms with E-state index in [1.807, 2.05) is 60.3 Å². The highest BCUT2D eigenvalue weighted by Gasteiger charge is 2.21. The van der Waals surface area contributed by atoms with E-state index in [-0.39, 0.29) is 5.91 Å². The number of carbonyl (C=O) groups is 1. The molecule has 31 heavy (non-hydrogen) atoms. The minimum absolute atomic E-state index is 0.0651. The van der Waals surface area contributed by atoms with Gasteiger partial charge in [0.05, 0.1) is 11.4 Å². The summed E-state index contributed by atoms with van der Waals surface area (Å²) in [6.45, 7) is 9.68. The van der Waals surface area contributed by atoms with Crippen LogP contribution in [0.2, 0.25) is 0 Å². The maximum absolute atomic E-state index is 13.3. The smallest absolute Gasteiger partial charge is 0.255 e. The molecule has 2 aromatic rings. The van der Waals surface area contributed by atoms with Crippen LogP contribution in [0.3, 0.4) is 0 Å². The Hall–Kier alpha value is -3.64. The van der Waals surface area contributed by atoms with Gasteiger partial charge in [-0.2, -0.15) is 0 Å². The molecule has 1 saturated heterocycles. The minimum atomic E-state index is -0.0651. The lowest BCUT2D eigenvalue weighted by Crippen LogP contribution is -2.43. The van der Waals surface area contributed by atoms with Crippen molar-refractivity contribution < 1.29 is 4.79 Å². The number of nitrogens with one attached hydrogen (secondary N) is 1. The molecule has 2 aromatic heterocycles. The fourth-order valence-corrected chi connectivity index (χ4v) is 4.17. The second kappa shape index (κ2) is 7.89. The van der Waals surface area contributed by atoms with Crippen LogP contribution in [0.4, 0.5) is 0 Å². The highest BCUT2D eigenvalue weighted by atomic mass is 16.2. The molecular formula is C25H25N5O. The van der Waals surface area contributed by atoms with E-state index in [1.54, 1.807) is 17.1 Å². The third-order valence-electron chi connectivity index (χ3n) is 5.76. The van der Waals surface area contributed by atoms with Gasteiger partial charge in [-0.05, 0) is 42.4 Å². The molecule has 1 amide bonds. The van der Waals surface area contributed by atoms with E-state index in [2.05, 4.69) is 27.9 Å². The van der Waals surface area contributed by atoms with Crippen molar-refractivity contribution in [1.82, 2.24) is 24.5 Å². The van der Waals surface area contributed by atoms with E-state index in [0.29, 0.717) is 0 Å². The van der Waals surface area contributed by atoms with Crippen LogP contribution in [0, 0.1) is 6.92 Å². The Morgan fingerprint density at radius 3 is 2.74 bits per heavy atom. The number of fused-ring (bicyclic) bond motifs is 2. The molecule has 0 aliphatic carbocycles. The number of piperazine rings is 1. The van der Waals surface area contributed by atoms with Gasteiger partial charge in [0.25, 0.3) is 5.91 Å². The fourth-order valence-electron chi connectivity index (χ4n) is 4.17. The summed E-state index contributed by atoms with van der Waals surface area (Å²) < 4.78 is 1.99. The average molecular weight is 412 g/mol. The van der Waals surface area contributed by atoms with Crippen LogP contribution in [-0.4, -0.2) is 51.3 Å². The standard InChI is InChI=1S/C25H25N5O/c1-3-19-13-21(16-29-15-18(2)27-25(19)29)20-5-4-6-22-7-8-23(17-30(22)24(31)14-20)28-11-9-26-10-12-28/h3-8,13-17,26H,1,9-12H2,2H3/b5-4?,20-14?,22-6+. The van der Waals surface area contributed by atoms with Crippen molar-refractivity contribution >= 4 is 23.2 Å². The first kappa shape index (κ1) is 19.3. The Balaban J connectivity index is 1.52. The summed E-state index contributed by atoms with van der Waals surface area (Å²) in [5, 5.41) is 3.37. The van der Waals surface area contributed by atoms with E-state index in [1.165, 1.54) is 0 Å². The van der Waals surface area contributed by atoms with Crippen LogP contribution in [0.5, 0.6) is 0 Å². The van der Waals surface area contributed by atoms with Crippen molar-refractivity contribution in [3.8, 4) is 0 Å². The monoisotopic (exact) mass is 411 g/mol. The van der Waals surface area contributed by atoms with E-state index >= 15 is 0 Å². The van der Waals surface area contributed by atoms with Crippen LogP contribution >= 0.6 is 0 Å². The molecule has 3 aliphatic rings. The molecule has 0 unspecified atom stereocenters. The molecule has 0 spiro atoms. The van der Waals surface area contributed by atoms with Crippen LogP contribution in [0.15, 0.2) is 79.1 Å². The Morgan fingerprint density at radius 1 is 1.13 bits per heavy atom. The van der Waals surface area contributed by atoms with Crippen molar-refractivity contribution in [3.63, 3.8) is 0 Å². The number of pyridine rings is 1. The summed E-state index contributed by atoms with van der Waals surface area (Å²) in [5.41, 5.74) is 6.47. The predicted molar refractivity (Wildman–Crippen MR) is 124 cm³/mol. The number of aromatic nitrogens is 2. The summed E-state index contributed by atoms with van der Waals surface area (Å²) in [7, 11) is 0. The molecule has 0 atom stereocenters. The summed E-state index contributed by atoms with van der Waals surface area (Å²) >= 11 is 0. The molecular weight excluding hydrogens is 386 g/mol. The van der Waals surface area contributed by atoms with Gasteiger partial charge in [-0.1, -0.05) is 24.8 Å². The Morgan fingerprint density at radius 2 is 1.94 bits per heavy atom. The van der Waals surface area contributed by atoms with E-state index in [0.717, 1.165) is 65.6 Å². The molecule has 0 radical (unpaired) electrons. The Bertz CT molecular complexity index is 1220. The normalized spacial score (nSPS) is 20.5. The summed E-state index contributed by atoms with van der Waals surface area (Å²) in [4.78, 5) is 21.9. The second-order valence-electron chi connectivity index (χ2n) is 7.88. The maximum Gasteiger partial charge on any atom is 0.255 e. The molecule has 3 aliphatic heterocycles. The van der Waals surface area contributed by atoms with Gasteiger partial charge in [-0.25, -0.2) is 4.98 Å². The lowest BCUT2D eigenvalue weighted by atomic mass is 10.0. The number of allylic oxidation sites excluding steroid dienone is 6. The van der Waals surface area contributed by atoms with Crippen LogP contribution < -0.4 is 5.32 Å². The van der Waals surface area contributed by atoms with Gasteiger partial charge >= 0.3 is 0 Å². The number of carbonyl (C=O) groups excluding carboxylic acids is 1. The van der Waals surface area contributed by atoms with Crippen molar-refractivity contribution in [2.45, 2.75) is 6.92 Å². The van der Waals surface area contributed by atoms with Crippen molar-refractivity contribution in [2.75, 3.05) is 26.2 Å². The lowest BCUT2D eigenvalue weighted by molar-refractivity contribution is -0.122. The number of aryl methyl sites for hydroxylation is 1. The molecule has 156 valence electrons. The van der Waals surface area contributed by atoms with Gasteiger partial charge in [-0.15, -0.1) is 0 Å². The zero-order valence-electron chi connectivity index (χ0n) is 17.6. The quantitative estimate of drug-likeness (QED) is 0.842. The van der Waals surface area contributed by atoms with Gasteiger partial charge in [0.1, 0.15) is 5.65 Å². The van der Waals surface area contributed by atoms with Crippen LogP contribution in [-0.2, 0) is 4.79 Å². The molecule has 0 saturated carbocycles. The van der Waals surface area contributed by atoms with E-state index in [4.69, 9.17) is 0 Å². The number of rotatable bonds is 3. The van der Waals surface area contributed by atoms with Crippen molar-refractivity contribution in [1.29, 1.82) is 0 Å². The van der Waals surface area contributed by atoms with Gasteiger partial charge < -0.3 is 14.6 Å². The van der Waals surface area contributed by atoms with E-state index < -0.39 is 0 Å². The number of nitrogens with zero attached hydrogens (tertiary/aromatic N) is 4. The predicted octanol–water partition coefficient (Wildman–Crippen LogP) is 3.27. The molecule has 6 heteroatoms. The molecule has 1 fully saturated rings. The summed E-state index contributed by atoms with van der Waals surface area (Å²) in [5.74, 6) is -0.0651. The van der Waals surface area contributed by atoms with E-state index in [9.17, 15) is 4.79 Å². The second-order valence-corrected chi connectivity index (χ2v) is 7.88. The molecule has 0 bridgehead atoms. The maximum atomic E-state index is 13.3. The van der Waals surface area contributed by atoms with Crippen LogP contribution in [0.1, 0.15) is 16.8 Å². The highest BCUT2D eigenvalue weighted by Crippen LogP contribution is 2.26. The largest absolute Gasteiger partial charge is 0.368 e. The Kier molecular flexibility index (Phi) is 4.92. The fraction of sp³-hybridized carbons (Fsp3) is 0.200. The lowest BCUT2D eigenvalue weighted by Gasteiger charge is -2.33. The average Bonchev–Trinajstić information content (AvgIpc) is 3.17. The van der Waals surface area contributed by atoms with Gasteiger partial charge in [0, 0.05) is 62.1 Å². The first-order valence-corrected chi connectivity index (χ1v) is 10.5. The summed E-state index contributed by atoms with van der Waals surface area (Å²) in [6.07, 6.45) is 19.5. The molecule has 5 heterocycles. The SMILES string of the molecule is C=Cc1cc(C2=CC(=O)N3C=C(N4CCNCC4)C=C/C3=C\C=C2)cn2cc(C)nc12. The highest BCUT2D eigenvalue weighted by molar-refractivity contribution is 6.00. The van der Waals surface area contributed by atoms with Crippen molar-refractivity contribution in [2.24, 2.45) is 0 Å². The number of hydrogen-bond donors (Lipinski definition) is 1. The first-order valence-electron chi connectivity index (χ1n) is 10.5. The van der Waals surface area contributed by atoms with Crippen molar-refractivity contribution in [3.05, 3.63) is 95.9 Å². The van der Waals surface area contributed by atoms with Crippen LogP contribution in [0.25, 0.3) is 17.3 Å². The number of imidazole rings is 1. The van der Waals surface area contributed by atoms with Gasteiger partial charge in [-0.3, -0.25) is 9.69 Å². The molecule has 5 rings (SSSR count). The third kappa shape index (κ3) is 3.66. The zero-order valence-corrected chi connectivity index (χ0v) is 17.6. The number of hydrogen-bond acceptors (Lipinski definition) is 4. The summed E-state index contributed by atoms with van der Waals surface area (Å²) in [6, 6.07) is 2.03. The minimum Gasteiger partial charge on any atom is -0.368 e. The topological polar surface area (TPSA) is 52.9 Å². The zero-order chi connectivity index (χ0) is 21.4.